The van der Waals surface area contributed by atoms with Crippen molar-refractivity contribution >= 4 is 10.0 Å². The Bertz CT molecular complexity index is 365. The van der Waals surface area contributed by atoms with Gasteiger partial charge in [-0.2, -0.15) is 13.1 Å². The first-order valence-corrected chi connectivity index (χ1v) is 7.80. The monoisotopic (exact) mass is 284 g/mol. The molecule has 0 saturated heterocycles. The normalized spacial score (nSPS) is 30.1. The Labute approximate surface area is 108 Å². The summed E-state index contributed by atoms with van der Waals surface area (Å²) in [5.41, 5.74) is 4.88. The topological polar surface area (TPSA) is 63.4 Å². The molecule has 0 unspecified atom stereocenters. The second kappa shape index (κ2) is 5.79. The summed E-state index contributed by atoms with van der Waals surface area (Å²) in [6.07, 6.45) is 2.77. The summed E-state index contributed by atoms with van der Waals surface area (Å²) in [7, 11) is -4.56. The van der Waals surface area contributed by atoms with E-state index in [1.54, 1.807) is 6.92 Å². The zero-order chi connectivity index (χ0) is 14.0. The van der Waals surface area contributed by atoms with Gasteiger partial charge in [-0.15, -0.1) is 0 Å². The zero-order valence-electron chi connectivity index (χ0n) is 10.9. The molecule has 0 atom stereocenters. The molecule has 4 nitrogen and oxygen atoms in total. The van der Waals surface area contributed by atoms with E-state index < -0.39 is 21.3 Å². The van der Waals surface area contributed by atoms with Gasteiger partial charge in [0, 0.05) is 18.6 Å². The fourth-order valence-corrected chi connectivity index (χ4v) is 4.09. The molecule has 1 aliphatic rings. The Kier molecular flexibility index (Phi) is 5.08. The molecule has 0 aromatic rings. The minimum absolute atomic E-state index is 0.0399. The first-order chi connectivity index (χ1) is 8.30. The van der Waals surface area contributed by atoms with E-state index in [1.807, 2.05) is 0 Å². The number of rotatable bonds is 5. The molecular weight excluding hydrogens is 262 g/mol. The quantitative estimate of drug-likeness (QED) is 0.837. The van der Waals surface area contributed by atoms with Crippen LogP contribution in [-0.2, 0) is 10.0 Å². The fraction of sp³-hybridized carbons (Fsp3) is 1.00. The van der Waals surface area contributed by atoms with E-state index in [0.29, 0.717) is 18.8 Å². The van der Waals surface area contributed by atoms with Crippen LogP contribution in [0.5, 0.6) is 0 Å². The maximum atomic E-state index is 12.7. The molecule has 0 radical (unpaired) electrons. The molecule has 7 heteroatoms. The first kappa shape index (κ1) is 15.8. The van der Waals surface area contributed by atoms with E-state index in [1.165, 1.54) is 0 Å². The summed E-state index contributed by atoms with van der Waals surface area (Å²) in [6, 6.07) is 0. The van der Waals surface area contributed by atoms with Crippen molar-refractivity contribution in [2.45, 2.75) is 50.8 Å². The highest BCUT2D eigenvalue weighted by atomic mass is 32.2. The Balaban J connectivity index is 3.05. The number of halogens is 2. The van der Waals surface area contributed by atoms with E-state index in [-0.39, 0.29) is 13.1 Å². The van der Waals surface area contributed by atoms with Crippen LogP contribution in [0.4, 0.5) is 8.78 Å². The van der Waals surface area contributed by atoms with Gasteiger partial charge in [-0.1, -0.05) is 13.8 Å². The van der Waals surface area contributed by atoms with E-state index in [9.17, 15) is 17.2 Å². The molecule has 0 bridgehead atoms. The largest absolute Gasteiger partial charge is 0.350 e. The number of sulfonamides is 1. The molecule has 0 aromatic heterocycles. The summed E-state index contributed by atoms with van der Waals surface area (Å²) < 4.78 is 49.8. The molecule has 1 saturated carbocycles. The van der Waals surface area contributed by atoms with Crippen molar-refractivity contribution in [2.24, 2.45) is 11.7 Å². The highest BCUT2D eigenvalue weighted by Crippen LogP contribution is 2.38. The predicted octanol–water partition coefficient (Wildman–Crippen LogP) is 1.77. The number of alkyl halides is 2. The van der Waals surface area contributed by atoms with Crippen LogP contribution in [0.2, 0.25) is 0 Å². The van der Waals surface area contributed by atoms with Crippen molar-refractivity contribution in [1.82, 2.24) is 4.31 Å². The number of nitrogens with zero attached hydrogens (tertiary/aromatic N) is 1. The van der Waals surface area contributed by atoms with Crippen LogP contribution in [0.15, 0.2) is 0 Å². The molecule has 1 fully saturated rings. The van der Waals surface area contributed by atoms with E-state index in [2.05, 4.69) is 6.92 Å². The maximum absolute atomic E-state index is 12.7. The lowest BCUT2D eigenvalue weighted by atomic mass is 9.77. The molecule has 2 N–H and O–H groups in total. The smallest absolute Gasteiger partial charge is 0.329 e. The van der Waals surface area contributed by atoms with Gasteiger partial charge < -0.3 is 5.73 Å². The summed E-state index contributed by atoms with van der Waals surface area (Å²) in [4.78, 5) is 0. The van der Waals surface area contributed by atoms with Gasteiger partial charge in [-0.05, 0) is 31.6 Å². The van der Waals surface area contributed by atoms with Crippen LogP contribution < -0.4 is 5.73 Å². The van der Waals surface area contributed by atoms with Crippen molar-refractivity contribution in [2.75, 3.05) is 13.1 Å². The van der Waals surface area contributed by atoms with Gasteiger partial charge in [0.1, 0.15) is 0 Å². The van der Waals surface area contributed by atoms with Crippen molar-refractivity contribution < 1.29 is 17.2 Å². The van der Waals surface area contributed by atoms with E-state index >= 15 is 0 Å². The average Bonchev–Trinajstić information content (AvgIpc) is 2.32. The van der Waals surface area contributed by atoms with Crippen LogP contribution in [0.25, 0.3) is 0 Å². The fourth-order valence-electron chi connectivity index (χ4n) is 2.74. The summed E-state index contributed by atoms with van der Waals surface area (Å²) in [5, 5.41) is 0. The minimum atomic E-state index is -4.56. The van der Waals surface area contributed by atoms with Crippen LogP contribution >= 0.6 is 0 Å². The van der Waals surface area contributed by atoms with Gasteiger partial charge in [0.15, 0.2) is 0 Å². The highest BCUT2D eigenvalue weighted by molar-refractivity contribution is 7.89. The van der Waals surface area contributed by atoms with Crippen molar-refractivity contribution in [3.8, 4) is 0 Å². The van der Waals surface area contributed by atoms with Gasteiger partial charge in [0.25, 0.3) is 10.0 Å². The lowest BCUT2D eigenvalue weighted by Crippen LogP contribution is -2.58. The summed E-state index contributed by atoms with van der Waals surface area (Å²) in [5.74, 6) is -2.88. The van der Waals surface area contributed by atoms with Crippen LogP contribution in [0.3, 0.4) is 0 Å². The number of hydrogen-bond acceptors (Lipinski definition) is 3. The second-order valence-electron chi connectivity index (χ2n) is 5.08. The van der Waals surface area contributed by atoms with E-state index in [0.717, 1.165) is 17.1 Å². The van der Waals surface area contributed by atoms with Gasteiger partial charge in [-0.3, -0.25) is 0 Å². The van der Waals surface area contributed by atoms with Gasteiger partial charge in [-0.25, -0.2) is 8.42 Å². The minimum Gasteiger partial charge on any atom is -0.329 e. The predicted molar refractivity (Wildman–Crippen MR) is 66.7 cm³/mol. The summed E-state index contributed by atoms with van der Waals surface area (Å²) in [6.45, 7) is 3.80. The Morgan fingerprint density at radius 1 is 1.39 bits per heavy atom. The Morgan fingerprint density at radius 2 is 1.89 bits per heavy atom. The van der Waals surface area contributed by atoms with Gasteiger partial charge in [0.2, 0.25) is 0 Å². The molecule has 0 heterocycles. The lowest BCUT2D eigenvalue weighted by Gasteiger charge is -2.45. The average molecular weight is 284 g/mol. The number of nitrogens with two attached hydrogens (primary N) is 1. The molecule has 1 aliphatic carbocycles. The maximum Gasteiger partial charge on any atom is 0.350 e. The Hall–Kier alpha value is -0.270. The Morgan fingerprint density at radius 3 is 2.22 bits per heavy atom. The second-order valence-corrected chi connectivity index (χ2v) is 6.91. The third-order valence-electron chi connectivity index (χ3n) is 3.93. The molecule has 0 amide bonds. The lowest BCUT2D eigenvalue weighted by molar-refractivity contribution is 0.108. The van der Waals surface area contributed by atoms with Crippen LogP contribution in [0.1, 0.15) is 39.5 Å². The van der Waals surface area contributed by atoms with Gasteiger partial charge >= 0.3 is 5.76 Å². The zero-order valence-corrected chi connectivity index (χ0v) is 11.7. The molecule has 108 valence electrons. The van der Waals surface area contributed by atoms with Crippen molar-refractivity contribution in [1.29, 1.82) is 0 Å². The third kappa shape index (κ3) is 2.83. The molecule has 1 rings (SSSR count). The molecule has 0 spiro atoms. The number of likely N-dealkylation sites (N-methyl/N-ethyl adjacent to an activating group) is 1. The van der Waals surface area contributed by atoms with Crippen molar-refractivity contribution in [3.63, 3.8) is 0 Å². The molecule has 0 aromatic carbocycles. The summed E-state index contributed by atoms with van der Waals surface area (Å²) >= 11 is 0. The van der Waals surface area contributed by atoms with Gasteiger partial charge in [0.05, 0.1) is 0 Å². The van der Waals surface area contributed by atoms with E-state index in [4.69, 9.17) is 5.73 Å². The highest BCUT2D eigenvalue weighted by Gasteiger charge is 2.46. The molecule has 18 heavy (non-hydrogen) atoms. The van der Waals surface area contributed by atoms with Crippen molar-refractivity contribution in [3.05, 3.63) is 0 Å². The SMILES string of the molecule is CCN(C1(CN)CCC(C)CC1)S(=O)(=O)C(F)F. The molecule has 0 aliphatic heterocycles. The first-order valence-electron chi connectivity index (χ1n) is 6.30. The molecular formula is C11H22F2N2O2S. The van der Waals surface area contributed by atoms with Crippen LogP contribution in [-0.4, -0.2) is 37.1 Å². The standard InChI is InChI=1S/C11H22F2N2O2S/c1-3-15(18(16,17)10(12)13)11(8-14)6-4-9(2)5-7-11/h9-10H,3-8,14H2,1-2H3. The van der Waals surface area contributed by atoms with Crippen LogP contribution in [0, 0.1) is 5.92 Å². The number of hydrogen-bond donors (Lipinski definition) is 1. The third-order valence-corrected chi connectivity index (χ3v) is 5.64.